The lowest BCUT2D eigenvalue weighted by atomic mass is 10.1. The number of carbonyl (C=O) groups is 2. The lowest BCUT2D eigenvalue weighted by Gasteiger charge is -2.15. The van der Waals surface area contributed by atoms with E-state index in [1.54, 1.807) is 0 Å². The first kappa shape index (κ1) is 18.6. The van der Waals surface area contributed by atoms with Crippen molar-refractivity contribution < 1.29 is 22.8 Å². The van der Waals surface area contributed by atoms with E-state index < -0.39 is 29.2 Å². The van der Waals surface area contributed by atoms with E-state index in [2.05, 4.69) is 10.6 Å². The minimum atomic E-state index is -4.73. The molecule has 0 spiro atoms. The van der Waals surface area contributed by atoms with Crippen LogP contribution in [0.4, 0.5) is 24.5 Å². The van der Waals surface area contributed by atoms with Crippen LogP contribution in [0.25, 0.3) is 0 Å². The molecule has 1 heterocycles. The molecule has 4 nitrogen and oxygen atoms in total. The van der Waals surface area contributed by atoms with Gasteiger partial charge < -0.3 is 10.6 Å². The fourth-order valence-electron chi connectivity index (χ4n) is 1.85. The average molecular weight is 397 g/mol. The summed E-state index contributed by atoms with van der Waals surface area (Å²) in [6.07, 6.45) is -4.73. The molecule has 0 saturated carbocycles. The summed E-state index contributed by atoms with van der Waals surface area (Å²) in [5.74, 6) is -1.33. The molecule has 0 aliphatic rings. The number of carbonyl (C=O) groups excluding carboxylic acids is 2. The second-order valence-electron chi connectivity index (χ2n) is 4.63. The summed E-state index contributed by atoms with van der Waals surface area (Å²) in [6.45, 7) is 1.17. The van der Waals surface area contributed by atoms with Gasteiger partial charge in [0.05, 0.1) is 21.2 Å². The topological polar surface area (TPSA) is 58.2 Å². The van der Waals surface area contributed by atoms with Gasteiger partial charge in [-0.2, -0.15) is 13.2 Å². The molecule has 0 unspecified atom stereocenters. The van der Waals surface area contributed by atoms with Gasteiger partial charge in [0.1, 0.15) is 4.34 Å². The third-order valence-electron chi connectivity index (χ3n) is 2.79. The molecule has 0 bridgehead atoms. The van der Waals surface area contributed by atoms with Gasteiger partial charge in [0.2, 0.25) is 5.91 Å². The lowest BCUT2D eigenvalue weighted by Crippen LogP contribution is -2.17. The van der Waals surface area contributed by atoms with E-state index in [1.807, 2.05) is 0 Å². The Morgan fingerprint density at radius 2 is 1.79 bits per heavy atom. The number of nitrogens with one attached hydrogen (secondary N) is 2. The molecule has 0 fully saturated rings. The highest BCUT2D eigenvalue weighted by Crippen LogP contribution is 2.37. The number of amides is 2. The zero-order valence-electron chi connectivity index (χ0n) is 11.9. The molecular weight excluding hydrogens is 388 g/mol. The number of anilines is 2. The molecule has 2 N–H and O–H groups in total. The zero-order valence-corrected chi connectivity index (χ0v) is 14.3. The largest absolute Gasteiger partial charge is 0.418 e. The Morgan fingerprint density at radius 3 is 2.29 bits per heavy atom. The van der Waals surface area contributed by atoms with Crippen LogP contribution in [0.1, 0.15) is 22.8 Å². The molecule has 0 atom stereocenters. The van der Waals surface area contributed by atoms with E-state index in [-0.39, 0.29) is 19.9 Å². The fraction of sp³-hybridized carbons (Fsp3) is 0.143. The van der Waals surface area contributed by atoms with E-state index in [4.69, 9.17) is 23.2 Å². The van der Waals surface area contributed by atoms with Gasteiger partial charge in [0.25, 0.3) is 5.91 Å². The summed E-state index contributed by atoms with van der Waals surface area (Å²) in [6, 6.07) is 4.30. The normalized spacial score (nSPS) is 11.2. The van der Waals surface area contributed by atoms with Gasteiger partial charge in [0.15, 0.2) is 0 Å². The Balaban J connectivity index is 2.37. The van der Waals surface area contributed by atoms with Crippen molar-refractivity contribution in [3.63, 3.8) is 0 Å². The SMILES string of the molecule is CC(=O)Nc1ccc(NC(=O)c2cc(Cl)sc2Cl)c(C(F)(F)F)c1. The van der Waals surface area contributed by atoms with Gasteiger partial charge in [-0.3, -0.25) is 9.59 Å². The maximum Gasteiger partial charge on any atom is 0.418 e. The predicted molar refractivity (Wildman–Crippen MR) is 88.0 cm³/mol. The van der Waals surface area contributed by atoms with Crippen LogP contribution in [0.3, 0.4) is 0 Å². The monoisotopic (exact) mass is 396 g/mol. The minimum absolute atomic E-state index is 0.0225. The third-order valence-corrected chi connectivity index (χ3v) is 4.28. The Hall–Kier alpha value is -1.77. The van der Waals surface area contributed by atoms with Gasteiger partial charge in [-0.15, -0.1) is 11.3 Å². The Kier molecular flexibility index (Phi) is 5.42. The molecular formula is C14H9Cl2F3N2O2S. The molecule has 24 heavy (non-hydrogen) atoms. The average Bonchev–Trinajstić information content (AvgIpc) is 2.77. The molecule has 1 aromatic heterocycles. The van der Waals surface area contributed by atoms with E-state index >= 15 is 0 Å². The Morgan fingerprint density at radius 1 is 1.12 bits per heavy atom. The van der Waals surface area contributed by atoms with Crippen LogP contribution in [0.2, 0.25) is 8.67 Å². The van der Waals surface area contributed by atoms with Crippen molar-refractivity contribution >= 4 is 57.7 Å². The highest BCUT2D eigenvalue weighted by atomic mass is 35.5. The highest BCUT2D eigenvalue weighted by molar-refractivity contribution is 7.20. The maximum atomic E-state index is 13.2. The van der Waals surface area contributed by atoms with Crippen molar-refractivity contribution in [3.05, 3.63) is 44.1 Å². The zero-order chi connectivity index (χ0) is 18.1. The van der Waals surface area contributed by atoms with Gasteiger partial charge in [-0.25, -0.2) is 0 Å². The van der Waals surface area contributed by atoms with Gasteiger partial charge in [-0.05, 0) is 24.3 Å². The van der Waals surface area contributed by atoms with Crippen molar-refractivity contribution in [2.75, 3.05) is 10.6 Å². The van der Waals surface area contributed by atoms with E-state index in [0.717, 1.165) is 23.5 Å². The molecule has 0 radical (unpaired) electrons. The van der Waals surface area contributed by atoms with E-state index in [0.29, 0.717) is 0 Å². The van der Waals surface area contributed by atoms with Crippen LogP contribution < -0.4 is 10.6 Å². The number of halogens is 5. The number of alkyl halides is 3. The standard InChI is InChI=1S/C14H9Cl2F3N2O2S/c1-6(22)20-7-2-3-10(9(4-7)14(17,18)19)21-13(23)8-5-11(15)24-12(8)16/h2-5H,1H3,(H,20,22)(H,21,23). The summed E-state index contributed by atoms with van der Waals surface area (Å²) in [4.78, 5) is 23.1. The van der Waals surface area contributed by atoms with Crippen LogP contribution in [0.5, 0.6) is 0 Å². The molecule has 2 amide bonds. The van der Waals surface area contributed by atoms with E-state index in [1.165, 1.54) is 19.1 Å². The van der Waals surface area contributed by atoms with Crippen LogP contribution in [0, 0.1) is 0 Å². The van der Waals surface area contributed by atoms with E-state index in [9.17, 15) is 22.8 Å². The molecule has 2 rings (SSSR count). The minimum Gasteiger partial charge on any atom is -0.326 e. The van der Waals surface area contributed by atoms with Gasteiger partial charge in [-0.1, -0.05) is 23.2 Å². The number of hydrogen-bond acceptors (Lipinski definition) is 3. The van der Waals surface area contributed by atoms with Crippen molar-refractivity contribution in [2.45, 2.75) is 13.1 Å². The molecule has 10 heteroatoms. The first-order valence-corrected chi connectivity index (χ1v) is 7.90. The van der Waals surface area contributed by atoms with Crippen molar-refractivity contribution in [2.24, 2.45) is 0 Å². The first-order valence-electron chi connectivity index (χ1n) is 6.33. The highest BCUT2D eigenvalue weighted by Gasteiger charge is 2.34. The van der Waals surface area contributed by atoms with Crippen LogP contribution >= 0.6 is 34.5 Å². The second kappa shape index (κ2) is 7.00. The maximum absolute atomic E-state index is 13.2. The summed E-state index contributed by atoms with van der Waals surface area (Å²) in [5.41, 5.74) is -1.62. The summed E-state index contributed by atoms with van der Waals surface area (Å²) in [5, 5.41) is 4.41. The fourth-order valence-corrected chi connectivity index (χ4v) is 3.31. The van der Waals surface area contributed by atoms with Crippen molar-refractivity contribution in [1.29, 1.82) is 0 Å². The molecule has 128 valence electrons. The molecule has 0 saturated heterocycles. The number of rotatable bonds is 3. The third kappa shape index (κ3) is 4.40. The summed E-state index contributed by atoms with van der Waals surface area (Å²) >= 11 is 12.5. The smallest absolute Gasteiger partial charge is 0.326 e. The van der Waals surface area contributed by atoms with Crippen LogP contribution in [-0.2, 0) is 11.0 Å². The van der Waals surface area contributed by atoms with Gasteiger partial charge in [0, 0.05) is 12.6 Å². The number of hydrogen-bond donors (Lipinski definition) is 2. The summed E-state index contributed by atoms with van der Waals surface area (Å²) < 4.78 is 39.9. The predicted octanol–water partition coefficient (Wildman–Crippen LogP) is 5.28. The van der Waals surface area contributed by atoms with Crippen LogP contribution in [0.15, 0.2) is 24.3 Å². The Labute approximate surface area is 148 Å². The van der Waals surface area contributed by atoms with Crippen molar-refractivity contribution in [3.8, 4) is 0 Å². The molecule has 2 aromatic rings. The van der Waals surface area contributed by atoms with Crippen LogP contribution in [-0.4, -0.2) is 11.8 Å². The van der Waals surface area contributed by atoms with Gasteiger partial charge >= 0.3 is 6.18 Å². The van der Waals surface area contributed by atoms with Crippen molar-refractivity contribution in [1.82, 2.24) is 0 Å². The number of benzene rings is 1. The quantitative estimate of drug-likeness (QED) is 0.740. The molecule has 0 aliphatic heterocycles. The second-order valence-corrected chi connectivity index (χ2v) is 6.92. The summed E-state index contributed by atoms with van der Waals surface area (Å²) in [7, 11) is 0. The number of thiophene rings is 1. The first-order chi connectivity index (χ1) is 11.1. The lowest BCUT2D eigenvalue weighted by molar-refractivity contribution is -0.137. The Bertz CT molecular complexity index is 806. The molecule has 0 aliphatic carbocycles. The molecule has 1 aromatic carbocycles.